The summed E-state index contributed by atoms with van der Waals surface area (Å²) >= 11 is 0. The molecule has 2 atom stereocenters. The molecule has 182 valence electrons. The maximum absolute atomic E-state index is 14.7. The lowest BCUT2D eigenvalue weighted by Crippen LogP contribution is -2.39. The van der Waals surface area contributed by atoms with E-state index in [0.717, 1.165) is 5.56 Å². The molecule has 2 aromatic carbocycles. The minimum absolute atomic E-state index is 0.0284. The van der Waals surface area contributed by atoms with Crippen LogP contribution in [0.4, 0.5) is 4.39 Å². The van der Waals surface area contributed by atoms with Crippen LogP contribution >= 0.6 is 0 Å². The van der Waals surface area contributed by atoms with Crippen LogP contribution in [0.2, 0.25) is 0 Å². The zero-order valence-electron chi connectivity index (χ0n) is 20.2. The topological polar surface area (TPSA) is 84.5 Å². The van der Waals surface area contributed by atoms with Crippen LogP contribution in [0.5, 0.6) is 0 Å². The number of methoxy groups -OCH3 is 1. The molecule has 1 saturated heterocycles. The van der Waals surface area contributed by atoms with E-state index in [9.17, 15) is 18.8 Å². The Morgan fingerprint density at radius 2 is 1.82 bits per heavy atom. The molecule has 0 saturated carbocycles. The molecule has 0 bridgehead atoms. The molecular formula is C27H33FN2O4. The predicted octanol–water partition coefficient (Wildman–Crippen LogP) is 3.67. The van der Waals surface area contributed by atoms with Crippen LogP contribution in [0, 0.1) is 17.2 Å². The van der Waals surface area contributed by atoms with Crippen LogP contribution in [0.3, 0.4) is 0 Å². The number of carbonyl (C=O) groups is 3. The Morgan fingerprint density at radius 3 is 2.38 bits per heavy atom. The number of Topliss-reactive ketones (excluding diaryl/α,β-unsaturated/α-hetero) is 1. The van der Waals surface area contributed by atoms with E-state index in [1.165, 1.54) is 6.07 Å². The summed E-state index contributed by atoms with van der Waals surface area (Å²) in [6.45, 7) is 6.81. The summed E-state index contributed by atoms with van der Waals surface area (Å²) < 4.78 is 19.8. The van der Waals surface area contributed by atoms with Gasteiger partial charge in [-0.3, -0.25) is 14.4 Å². The number of carbonyl (C=O) groups excluding carboxylic acids is 3. The molecular weight excluding hydrogens is 435 g/mol. The third-order valence-electron chi connectivity index (χ3n) is 5.80. The summed E-state index contributed by atoms with van der Waals surface area (Å²) in [6.07, 6.45) is 0.660. The van der Waals surface area contributed by atoms with E-state index < -0.39 is 12.0 Å². The fourth-order valence-electron chi connectivity index (χ4n) is 4.09. The van der Waals surface area contributed by atoms with Crippen molar-refractivity contribution < 1.29 is 23.5 Å². The van der Waals surface area contributed by atoms with E-state index in [0.29, 0.717) is 29.7 Å². The largest absolute Gasteiger partial charge is 0.380 e. The third kappa shape index (κ3) is 6.97. The first-order valence-electron chi connectivity index (χ1n) is 11.5. The van der Waals surface area contributed by atoms with Gasteiger partial charge in [0.25, 0.3) is 0 Å². The van der Waals surface area contributed by atoms with Gasteiger partial charge in [-0.05, 0) is 40.2 Å². The highest BCUT2D eigenvalue weighted by Crippen LogP contribution is 2.24. The molecule has 0 spiro atoms. The second-order valence-electron chi connectivity index (χ2n) is 10.1. The Hall–Kier alpha value is -3.06. The number of nitrogens with one attached hydrogen (secondary N) is 2. The zero-order chi connectivity index (χ0) is 24.9. The maximum Gasteiger partial charge on any atom is 0.226 e. The van der Waals surface area contributed by atoms with E-state index in [4.69, 9.17) is 4.74 Å². The molecule has 1 fully saturated rings. The van der Waals surface area contributed by atoms with Crippen molar-refractivity contribution in [1.29, 1.82) is 0 Å². The number of ketones is 1. The Balaban J connectivity index is 1.80. The fraction of sp³-hybridized carbons (Fsp3) is 0.444. The maximum atomic E-state index is 14.7. The standard InChI is InChI=1S/C27H33FN2O4/c1-27(2,3)14-20-10-7-18(11-22(20)28)12-23(31)25(19-8-5-17(6-9-19)16-34-4)30-26(33)21-13-24(32)29-15-21/h5-11,21,25H,12-16H2,1-4H3,(H,29,32)(H,30,33)/t21-,25?/m0/s1. The first kappa shape index (κ1) is 25.6. The number of benzene rings is 2. The minimum atomic E-state index is -0.905. The van der Waals surface area contributed by atoms with Crippen LogP contribution in [-0.4, -0.2) is 31.3 Å². The molecule has 0 aliphatic carbocycles. The number of hydrogen-bond acceptors (Lipinski definition) is 4. The van der Waals surface area contributed by atoms with Gasteiger partial charge in [-0.2, -0.15) is 0 Å². The Morgan fingerprint density at radius 1 is 1.15 bits per heavy atom. The molecule has 0 radical (unpaired) electrons. The second kappa shape index (κ2) is 10.9. The number of ether oxygens (including phenoxy) is 1. The highest BCUT2D eigenvalue weighted by Gasteiger charge is 2.31. The van der Waals surface area contributed by atoms with Gasteiger partial charge in [0.1, 0.15) is 11.9 Å². The van der Waals surface area contributed by atoms with Gasteiger partial charge in [-0.15, -0.1) is 0 Å². The normalized spacial score (nSPS) is 16.7. The highest BCUT2D eigenvalue weighted by atomic mass is 19.1. The van der Waals surface area contributed by atoms with E-state index in [1.54, 1.807) is 31.4 Å². The molecule has 34 heavy (non-hydrogen) atoms. The van der Waals surface area contributed by atoms with Gasteiger partial charge in [-0.1, -0.05) is 57.2 Å². The molecule has 7 heteroatoms. The Kier molecular flexibility index (Phi) is 8.20. The first-order chi connectivity index (χ1) is 16.1. The van der Waals surface area contributed by atoms with Crippen LogP contribution in [0.25, 0.3) is 0 Å². The summed E-state index contributed by atoms with van der Waals surface area (Å²) in [6, 6.07) is 11.2. The SMILES string of the molecule is COCc1ccc(C(NC(=O)[C@@H]2CNC(=O)C2)C(=O)Cc2ccc(CC(C)(C)C)c(F)c2)cc1. The van der Waals surface area contributed by atoms with Crippen molar-refractivity contribution in [2.75, 3.05) is 13.7 Å². The van der Waals surface area contributed by atoms with E-state index in [1.807, 2.05) is 32.9 Å². The fourth-order valence-corrected chi connectivity index (χ4v) is 4.09. The summed E-state index contributed by atoms with van der Waals surface area (Å²) in [5, 5.41) is 5.46. The Bertz CT molecular complexity index is 1040. The summed E-state index contributed by atoms with van der Waals surface area (Å²) in [7, 11) is 1.60. The van der Waals surface area contributed by atoms with Crippen LogP contribution < -0.4 is 10.6 Å². The molecule has 1 aliphatic rings. The third-order valence-corrected chi connectivity index (χ3v) is 5.80. The van der Waals surface area contributed by atoms with Gasteiger partial charge in [-0.25, -0.2) is 4.39 Å². The molecule has 3 rings (SSSR count). The monoisotopic (exact) mass is 468 g/mol. The van der Waals surface area contributed by atoms with Crippen molar-refractivity contribution in [3.8, 4) is 0 Å². The molecule has 2 amide bonds. The quantitative estimate of drug-likeness (QED) is 0.588. The second-order valence-corrected chi connectivity index (χ2v) is 10.1. The van der Waals surface area contributed by atoms with Gasteiger partial charge >= 0.3 is 0 Å². The van der Waals surface area contributed by atoms with E-state index >= 15 is 0 Å². The number of hydrogen-bond donors (Lipinski definition) is 2. The molecule has 6 nitrogen and oxygen atoms in total. The molecule has 0 aromatic heterocycles. The molecule has 2 N–H and O–H groups in total. The lowest BCUT2D eigenvalue weighted by Gasteiger charge is -2.21. The smallest absolute Gasteiger partial charge is 0.226 e. The first-order valence-corrected chi connectivity index (χ1v) is 11.5. The van der Waals surface area contributed by atoms with Crippen molar-refractivity contribution in [1.82, 2.24) is 10.6 Å². The lowest BCUT2D eigenvalue weighted by atomic mass is 9.87. The number of rotatable bonds is 9. The van der Waals surface area contributed by atoms with Crippen molar-refractivity contribution in [3.05, 3.63) is 70.5 Å². The zero-order valence-corrected chi connectivity index (χ0v) is 20.2. The highest BCUT2D eigenvalue weighted by molar-refractivity contribution is 5.94. The lowest BCUT2D eigenvalue weighted by molar-refractivity contribution is -0.130. The molecule has 2 aromatic rings. The van der Waals surface area contributed by atoms with Gasteiger partial charge in [0.05, 0.1) is 12.5 Å². The van der Waals surface area contributed by atoms with Crippen molar-refractivity contribution >= 4 is 17.6 Å². The molecule has 1 unspecified atom stereocenters. The van der Waals surface area contributed by atoms with Crippen molar-refractivity contribution in [2.45, 2.75) is 52.7 Å². The Labute approximate surface area is 200 Å². The van der Waals surface area contributed by atoms with Crippen molar-refractivity contribution in [2.24, 2.45) is 11.3 Å². The van der Waals surface area contributed by atoms with E-state index in [-0.39, 0.29) is 48.2 Å². The van der Waals surface area contributed by atoms with Gasteiger partial charge in [0, 0.05) is 26.5 Å². The van der Waals surface area contributed by atoms with Crippen molar-refractivity contribution in [3.63, 3.8) is 0 Å². The minimum Gasteiger partial charge on any atom is -0.380 e. The van der Waals surface area contributed by atoms with Crippen LogP contribution in [-0.2, 0) is 38.6 Å². The molecule has 1 heterocycles. The van der Waals surface area contributed by atoms with E-state index in [2.05, 4.69) is 10.6 Å². The summed E-state index contributed by atoms with van der Waals surface area (Å²) in [5.41, 5.74) is 2.67. The molecule has 1 aliphatic heterocycles. The van der Waals surface area contributed by atoms with Gasteiger partial charge < -0.3 is 15.4 Å². The summed E-state index contributed by atoms with van der Waals surface area (Å²) in [4.78, 5) is 37.6. The average Bonchev–Trinajstić information content (AvgIpc) is 3.20. The van der Waals surface area contributed by atoms with Gasteiger partial charge in [0.2, 0.25) is 11.8 Å². The summed E-state index contributed by atoms with van der Waals surface area (Å²) in [5.74, 6) is -1.65. The van der Waals surface area contributed by atoms with Crippen LogP contribution in [0.1, 0.15) is 55.5 Å². The number of halogens is 1. The predicted molar refractivity (Wildman–Crippen MR) is 127 cm³/mol. The average molecular weight is 469 g/mol. The number of amides is 2. The van der Waals surface area contributed by atoms with Gasteiger partial charge in [0.15, 0.2) is 5.78 Å². The van der Waals surface area contributed by atoms with Crippen LogP contribution in [0.15, 0.2) is 42.5 Å².